The summed E-state index contributed by atoms with van der Waals surface area (Å²) in [5.41, 5.74) is 5.53. The van der Waals surface area contributed by atoms with Crippen molar-refractivity contribution in [2.24, 2.45) is 7.05 Å². The molecule has 0 aliphatic heterocycles. The van der Waals surface area contributed by atoms with Crippen molar-refractivity contribution >= 4 is 22.6 Å². The highest BCUT2D eigenvalue weighted by Crippen LogP contribution is 2.39. The van der Waals surface area contributed by atoms with Crippen molar-refractivity contribution in [1.82, 2.24) is 14.7 Å². The van der Waals surface area contributed by atoms with Gasteiger partial charge in [-0.3, -0.25) is 4.57 Å². The molecule has 0 fully saturated rings. The van der Waals surface area contributed by atoms with E-state index in [1.807, 2.05) is 38.1 Å². The molecule has 4 rings (SSSR count). The van der Waals surface area contributed by atoms with E-state index >= 15 is 0 Å². The lowest BCUT2D eigenvalue weighted by molar-refractivity contribution is 0.393. The molecule has 4 aromatic rings. The van der Waals surface area contributed by atoms with Gasteiger partial charge in [0, 0.05) is 28.8 Å². The summed E-state index contributed by atoms with van der Waals surface area (Å²) < 4.78 is 12.5. The maximum Gasteiger partial charge on any atom is 0.326 e. The van der Waals surface area contributed by atoms with Gasteiger partial charge in [0.2, 0.25) is 0 Å². The zero-order valence-electron chi connectivity index (χ0n) is 15.4. The van der Waals surface area contributed by atoms with Crippen molar-refractivity contribution in [3.05, 3.63) is 57.3 Å². The Balaban J connectivity index is 2.13. The molecule has 0 atom stereocenters. The molecule has 0 aliphatic rings. The number of nitrogens with zero attached hydrogens (tertiary/aromatic N) is 2. The predicted molar refractivity (Wildman–Crippen MR) is 106 cm³/mol. The first-order valence-electron chi connectivity index (χ1n) is 8.40. The monoisotopic (exact) mass is 383 g/mol. The maximum absolute atomic E-state index is 12.3. The molecular weight excluding hydrogens is 366 g/mol. The molecule has 0 aliphatic carbocycles. The number of nitrogens with one attached hydrogen (secondary N) is 1. The molecule has 0 unspecified atom stereocenters. The van der Waals surface area contributed by atoms with Gasteiger partial charge in [0.25, 0.3) is 0 Å². The average molecular weight is 384 g/mol. The number of methoxy groups -OCH3 is 1. The van der Waals surface area contributed by atoms with Crippen molar-refractivity contribution in [2.45, 2.75) is 13.8 Å². The minimum absolute atomic E-state index is 0.192. The number of ether oxygens (including phenoxy) is 1. The Morgan fingerprint density at radius 3 is 2.63 bits per heavy atom. The molecule has 0 saturated heterocycles. The van der Waals surface area contributed by atoms with Crippen LogP contribution in [0.5, 0.6) is 5.75 Å². The van der Waals surface area contributed by atoms with Crippen molar-refractivity contribution < 1.29 is 9.26 Å². The quantitative estimate of drug-likeness (QED) is 0.566. The van der Waals surface area contributed by atoms with Gasteiger partial charge < -0.3 is 14.2 Å². The van der Waals surface area contributed by atoms with Gasteiger partial charge in [-0.25, -0.2) is 4.79 Å². The minimum atomic E-state index is -0.192. The van der Waals surface area contributed by atoms with Crippen LogP contribution in [0.2, 0.25) is 5.02 Å². The third kappa shape index (κ3) is 2.73. The second-order valence-electron chi connectivity index (χ2n) is 6.45. The highest BCUT2D eigenvalue weighted by atomic mass is 35.5. The Bertz CT molecular complexity index is 1210. The number of benzene rings is 2. The highest BCUT2D eigenvalue weighted by Gasteiger charge is 2.19. The molecule has 1 N–H and O–H groups in total. The lowest BCUT2D eigenvalue weighted by Gasteiger charge is -2.13. The van der Waals surface area contributed by atoms with Gasteiger partial charge in [0.1, 0.15) is 11.5 Å². The number of aromatic amines is 1. The topological polar surface area (TPSA) is 73.1 Å². The van der Waals surface area contributed by atoms with Gasteiger partial charge in [0.15, 0.2) is 0 Å². The Morgan fingerprint density at radius 1 is 1.19 bits per heavy atom. The van der Waals surface area contributed by atoms with E-state index < -0.39 is 0 Å². The number of hydrogen-bond donors (Lipinski definition) is 1. The number of hydrogen-bond acceptors (Lipinski definition) is 4. The third-order valence-corrected chi connectivity index (χ3v) is 5.00. The number of aromatic nitrogens is 3. The van der Waals surface area contributed by atoms with Gasteiger partial charge in [-0.1, -0.05) is 16.8 Å². The Kier molecular flexibility index (Phi) is 4.08. The Morgan fingerprint density at radius 2 is 1.96 bits per heavy atom. The van der Waals surface area contributed by atoms with Crippen LogP contribution in [0, 0.1) is 13.8 Å². The number of halogens is 1. The van der Waals surface area contributed by atoms with Crippen LogP contribution in [-0.2, 0) is 7.05 Å². The van der Waals surface area contributed by atoms with E-state index in [0.29, 0.717) is 16.5 Å². The fourth-order valence-corrected chi connectivity index (χ4v) is 3.70. The molecule has 138 valence electrons. The maximum atomic E-state index is 12.3. The largest absolute Gasteiger partial charge is 0.496 e. The molecular formula is C20H18ClN3O3. The van der Waals surface area contributed by atoms with Crippen LogP contribution in [-0.4, -0.2) is 21.8 Å². The van der Waals surface area contributed by atoms with Crippen LogP contribution in [0.25, 0.3) is 33.3 Å². The summed E-state index contributed by atoms with van der Waals surface area (Å²) in [7, 11) is 3.34. The lowest BCUT2D eigenvalue weighted by Crippen LogP contribution is -2.12. The van der Waals surface area contributed by atoms with Crippen LogP contribution in [0.1, 0.15) is 11.5 Å². The Labute approximate surface area is 160 Å². The SMILES string of the molecule is COc1ccc(Cl)cc1-c1cc(-c2c(C)noc2C)cc2[nH]c(=O)n(C)c12. The van der Waals surface area contributed by atoms with Crippen LogP contribution in [0.4, 0.5) is 0 Å². The summed E-state index contributed by atoms with van der Waals surface area (Å²) >= 11 is 6.25. The molecule has 27 heavy (non-hydrogen) atoms. The molecule has 0 radical (unpaired) electrons. The third-order valence-electron chi connectivity index (χ3n) is 4.77. The molecule has 2 aromatic carbocycles. The standard InChI is InChI=1S/C20H18ClN3O3/c1-10-18(11(2)27-23-10)12-7-15(14-9-13(21)5-6-17(14)26-4)19-16(8-12)22-20(25)24(19)3/h5-9H,1-4H3,(H,22,25). The first kappa shape index (κ1) is 17.4. The number of H-pyrrole nitrogens is 1. The van der Waals surface area contributed by atoms with E-state index in [0.717, 1.165) is 39.0 Å². The molecule has 0 spiro atoms. The molecule has 7 heteroatoms. The average Bonchev–Trinajstić information content (AvgIpc) is 3.12. The summed E-state index contributed by atoms with van der Waals surface area (Å²) in [6, 6.07) is 9.37. The fourth-order valence-electron chi connectivity index (χ4n) is 3.53. The zero-order chi connectivity index (χ0) is 19.3. The van der Waals surface area contributed by atoms with Gasteiger partial charge in [-0.2, -0.15) is 0 Å². The van der Waals surface area contributed by atoms with Gasteiger partial charge in [0.05, 0.1) is 23.8 Å². The molecule has 0 amide bonds. The molecule has 2 heterocycles. The Hall–Kier alpha value is -2.99. The van der Waals surface area contributed by atoms with Crippen LogP contribution >= 0.6 is 11.6 Å². The smallest absolute Gasteiger partial charge is 0.326 e. The summed E-state index contributed by atoms with van der Waals surface area (Å²) in [5.74, 6) is 1.39. The molecule has 0 saturated carbocycles. The van der Waals surface area contributed by atoms with E-state index in [1.165, 1.54) is 0 Å². The zero-order valence-corrected chi connectivity index (χ0v) is 16.1. The fraction of sp³-hybridized carbons (Fsp3) is 0.200. The highest BCUT2D eigenvalue weighted by molar-refractivity contribution is 6.31. The van der Waals surface area contributed by atoms with Crippen LogP contribution in [0.15, 0.2) is 39.6 Å². The predicted octanol–water partition coefficient (Wildman–Crippen LogP) is 4.47. The first-order valence-corrected chi connectivity index (χ1v) is 8.78. The summed E-state index contributed by atoms with van der Waals surface area (Å²) in [6.07, 6.45) is 0. The van der Waals surface area contributed by atoms with Crippen molar-refractivity contribution in [3.63, 3.8) is 0 Å². The summed E-state index contributed by atoms with van der Waals surface area (Å²) in [6.45, 7) is 3.76. The lowest BCUT2D eigenvalue weighted by atomic mass is 9.96. The van der Waals surface area contributed by atoms with E-state index in [2.05, 4.69) is 10.1 Å². The van der Waals surface area contributed by atoms with E-state index in [4.69, 9.17) is 20.9 Å². The number of fused-ring (bicyclic) bond motifs is 1. The first-order chi connectivity index (χ1) is 12.9. The number of imidazole rings is 1. The molecule has 2 aromatic heterocycles. The molecule has 0 bridgehead atoms. The van der Waals surface area contributed by atoms with Crippen molar-refractivity contribution in [3.8, 4) is 28.0 Å². The normalized spacial score (nSPS) is 11.3. The minimum Gasteiger partial charge on any atom is -0.496 e. The van der Waals surface area contributed by atoms with Gasteiger partial charge in [-0.05, 0) is 49.7 Å². The van der Waals surface area contributed by atoms with E-state index in [-0.39, 0.29) is 5.69 Å². The van der Waals surface area contributed by atoms with Crippen molar-refractivity contribution in [1.29, 1.82) is 0 Å². The van der Waals surface area contributed by atoms with Crippen molar-refractivity contribution in [2.75, 3.05) is 7.11 Å². The second-order valence-corrected chi connectivity index (χ2v) is 6.89. The second kappa shape index (κ2) is 6.32. The number of aryl methyl sites for hydroxylation is 3. The summed E-state index contributed by atoms with van der Waals surface area (Å²) in [5, 5.41) is 4.63. The van der Waals surface area contributed by atoms with Gasteiger partial charge in [-0.15, -0.1) is 0 Å². The van der Waals surface area contributed by atoms with Gasteiger partial charge >= 0.3 is 5.69 Å². The summed E-state index contributed by atoms with van der Waals surface area (Å²) in [4.78, 5) is 15.2. The molecule has 6 nitrogen and oxygen atoms in total. The van der Waals surface area contributed by atoms with E-state index in [9.17, 15) is 4.79 Å². The van der Waals surface area contributed by atoms with Crippen LogP contribution in [0.3, 0.4) is 0 Å². The number of rotatable bonds is 3. The van der Waals surface area contributed by atoms with E-state index in [1.54, 1.807) is 24.8 Å². The van der Waals surface area contributed by atoms with Crippen LogP contribution < -0.4 is 10.4 Å².